The standard InChI is InChI=1S/C19H23NO10/c21-6-5-20-13(23)7-10-9-3-1-2-4-11(9)28-18(27)17(10)30-19-16(26)15(25)14(24)12(8-22)29-19/h1-4,12,14-16,19,21-22,24-26H,5-8H2,(H,20,23)/t12-,14+,15+,16-,19?/m1/s1. The lowest BCUT2D eigenvalue weighted by molar-refractivity contribution is -0.277. The van der Waals surface area contributed by atoms with Gasteiger partial charge in [-0.3, -0.25) is 4.79 Å². The van der Waals surface area contributed by atoms with E-state index in [1.165, 1.54) is 6.07 Å². The van der Waals surface area contributed by atoms with Crippen LogP contribution in [0.4, 0.5) is 0 Å². The van der Waals surface area contributed by atoms with Crippen molar-refractivity contribution < 1.29 is 44.2 Å². The molecular formula is C19H23NO10. The number of amides is 1. The molecule has 1 aromatic carbocycles. The molecule has 1 aliphatic heterocycles. The van der Waals surface area contributed by atoms with Crippen molar-refractivity contribution >= 4 is 16.9 Å². The average molecular weight is 425 g/mol. The molecule has 1 amide bonds. The smallest absolute Gasteiger partial charge is 0.379 e. The van der Waals surface area contributed by atoms with E-state index in [-0.39, 0.29) is 30.7 Å². The zero-order valence-electron chi connectivity index (χ0n) is 15.8. The highest BCUT2D eigenvalue weighted by Crippen LogP contribution is 2.29. The summed E-state index contributed by atoms with van der Waals surface area (Å²) in [4.78, 5) is 24.8. The van der Waals surface area contributed by atoms with Gasteiger partial charge in [-0.15, -0.1) is 0 Å². The van der Waals surface area contributed by atoms with Crippen LogP contribution in [-0.4, -0.2) is 81.9 Å². The largest absolute Gasteiger partial charge is 0.454 e. The molecule has 2 heterocycles. The predicted octanol–water partition coefficient (Wildman–Crippen LogP) is -2.38. The molecule has 1 fully saturated rings. The number of aliphatic hydroxyl groups is 5. The molecule has 1 aliphatic rings. The number of benzene rings is 1. The number of carbonyl (C=O) groups excluding carboxylic acids is 1. The molecular weight excluding hydrogens is 402 g/mol. The fourth-order valence-electron chi connectivity index (χ4n) is 3.19. The van der Waals surface area contributed by atoms with E-state index in [9.17, 15) is 30.0 Å². The second-order valence-corrected chi connectivity index (χ2v) is 6.76. The lowest BCUT2D eigenvalue weighted by Crippen LogP contribution is -2.60. The van der Waals surface area contributed by atoms with Gasteiger partial charge in [-0.2, -0.15) is 0 Å². The Hall–Kier alpha value is -2.54. The maximum absolute atomic E-state index is 12.6. The van der Waals surface area contributed by atoms with Gasteiger partial charge in [0.25, 0.3) is 0 Å². The van der Waals surface area contributed by atoms with E-state index in [0.29, 0.717) is 5.39 Å². The van der Waals surface area contributed by atoms with E-state index in [2.05, 4.69) is 5.32 Å². The second kappa shape index (κ2) is 9.51. The minimum atomic E-state index is -1.75. The van der Waals surface area contributed by atoms with Crippen molar-refractivity contribution in [2.75, 3.05) is 19.8 Å². The molecule has 0 bridgehead atoms. The van der Waals surface area contributed by atoms with Crippen LogP contribution in [0.3, 0.4) is 0 Å². The van der Waals surface area contributed by atoms with Crippen LogP contribution in [-0.2, 0) is 16.0 Å². The van der Waals surface area contributed by atoms with Crippen molar-refractivity contribution in [1.82, 2.24) is 5.32 Å². The Morgan fingerprint density at radius 1 is 1.10 bits per heavy atom. The number of rotatable bonds is 7. The molecule has 0 saturated carbocycles. The first kappa shape index (κ1) is 22.2. The van der Waals surface area contributed by atoms with Crippen molar-refractivity contribution in [2.45, 2.75) is 37.1 Å². The van der Waals surface area contributed by atoms with Crippen LogP contribution in [0.5, 0.6) is 5.75 Å². The number of para-hydroxylation sites is 1. The maximum atomic E-state index is 12.6. The summed E-state index contributed by atoms with van der Waals surface area (Å²) in [5.74, 6) is -0.921. The summed E-state index contributed by atoms with van der Waals surface area (Å²) >= 11 is 0. The Labute approximate surface area is 170 Å². The van der Waals surface area contributed by atoms with Crippen molar-refractivity contribution in [1.29, 1.82) is 0 Å². The van der Waals surface area contributed by atoms with Crippen LogP contribution < -0.4 is 15.7 Å². The van der Waals surface area contributed by atoms with E-state index in [0.717, 1.165) is 0 Å². The fraction of sp³-hybridized carbons (Fsp3) is 0.474. The van der Waals surface area contributed by atoms with Crippen LogP contribution >= 0.6 is 0 Å². The highest BCUT2D eigenvalue weighted by molar-refractivity contribution is 5.88. The van der Waals surface area contributed by atoms with Gasteiger partial charge in [0, 0.05) is 17.5 Å². The molecule has 0 radical (unpaired) electrons. The summed E-state index contributed by atoms with van der Waals surface area (Å²) in [6, 6.07) is 6.44. The Morgan fingerprint density at radius 2 is 1.83 bits per heavy atom. The summed E-state index contributed by atoms with van der Waals surface area (Å²) in [6.45, 7) is -0.924. The third kappa shape index (κ3) is 4.46. The van der Waals surface area contributed by atoms with Gasteiger partial charge in [0.1, 0.15) is 30.0 Å². The van der Waals surface area contributed by atoms with Gasteiger partial charge in [-0.05, 0) is 6.07 Å². The number of nitrogens with one attached hydrogen (secondary N) is 1. The van der Waals surface area contributed by atoms with Crippen LogP contribution in [0.15, 0.2) is 33.5 Å². The Balaban J connectivity index is 2.00. The lowest BCUT2D eigenvalue weighted by atomic mass is 9.99. The first-order valence-electron chi connectivity index (χ1n) is 9.26. The molecule has 1 saturated heterocycles. The SMILES string of the molecule is O=C(Cc1c(OC2O[C@H](CO)[C@H](O)[C@H](O)[C@H]2O)c(=O)oc2ccccc12)NCCO. The zero-order valence-corrected chi connectivity index (χ0v) is 15.8. The van der Waals surface area contributed by atoms with E-state index >= 15 is 0 Å². The Bertz CT molecular complexity index is 943. The molecule has 11 nitrogen and oxygen atoms in total. The molecule has 164 valence electrons. The van der Waals surface area contributed by atoms with Crippen LogP contribution in [0.1, 0.15) is 5.56 Å². The zero-order chi connectivity index (χ0) is 21.8. The predicted molar refractivity (Wildman–Crippen MR) is 101 cm³/mol. The number of ether oxygens (including phenoxy) is 2. The van der Waals surface area contributed by atoms with Gasteiger partial charge in [0.05, 0.1) is 19.6 Å². The van der Waals surface area contributed by atoms with Crippen LogP contribution in [0, 0.1) is 0 Å². The molecule has 11 heteroatoms. The summed E-state index contributed by atoms with van der Waals surface area (Å²) in [5.41, 5.74) is -0.599. The number of hydrogen-bond donors (Lipinski definition) is 6. The van der Waals surface area contributed by atoms with E-state index in [4.69, 9.17) is 19.0 Å². The Morgan fingerprint density at radius 3 is 2.53 bits per heavy atom. The second-order valence-electron chi connectivity index (χ2n) is 6.76. The summed E-state index contributed by atoms with van der Waals surface area (Å²) in [7, 11) is 0. The van der Waals surface area contributed by atoms with Crippen molar-refractivity contribution in [3.05, 3.63) is 40.2 Å². The van der Waals surface area contributed by atoms with Gasteiger partial charge in [0.2, 0.25) is 17.9 Å². The van der Waals surface area contributed by atoms with Crippen LogP contribution in [0.25, 0.3) is 11.0 Å². The normalized spacial score (nSPS) is 26.5. The summed E-state index contributed by atoms with van der Waals surface area (Å²) in [5, 5.41) is 51.1. The first-order chi connectivity index (χ1) is 14.4. The fourth-order valence-corrected chi connectivity index (χ4v) is 3.19. The minimum Gasteiger partial charge on any atom is -0.454 e. The van der Waals surface area contributed by atoms with Gasteiger partial charge < -0.3 is 44.7 Å². The molecule has 5 atom stereocenters. The van der Waals surface area contributed by atoms with Gasteiger partial charge >= 0.3 is 5.63 Å². The van der Waals surface area contributed by atoms with E-state index < -0.39 is 54.6 Å². The average Bonchev–Trinajstić information content (AvgIpc) is 2.74. The van der Waals surface area contributed by atoms with E-state index in [1.807, 2.05) is 0 Å². The summed E-state index contributed by atoms with van der Waals surface area (Å²) in [6.07, 6.45) is -8.21. The van der Waals surface area contributed by atoms with Crippen LogP contribution in [0.2, 0.25) is 0 Å². The molecule has 0 aliphatic carbocycles. The van der Waals surface area contributed by atoms with Gasteiger partial charge in [-0.25, -0.2) is 4.79 Å². The molecule has 2 aromatic rings. The number of fused-ring (bicyclic) bond motifs is 1. The molecule has 30 heavy (non-hydrogen) atoms. The number of carbonyl (C=O) groups is 1. The topological polar surface area (TPSA) is 179 Å². The lowest BCUT2D eigenvalue weighted by Gasteiger charge is -2.39. The third-order valence-corrected chi connectivity index (χ3v) is 4.73. The first-order valence-corrected chi connectivity index (χ1v) is 9.26. The van der Waals surface area contributed by atoms with Crippen molar-refractivity contribution in [3.8, 4) is 5.75 Å². The number of aliphatic hydroxyl groups excluding tert-OH is 5. The molecule has 6 N–H and O–H groups in total. The van der Waals surface area contributed by atoms with Crippen molar-refractivity contribution in [3.63, 3.8) is 0 Å². The van der Waals surface area contributed by atoms with Crippen molar-refractivity contribution in [2.24, 2.45) is 0 Å². The van der Waals surface area contributed by atoms with E-state index in [1.54, 1.807) is 18.2 Å². The molecule has 3 rings (SSSR count). The summed E-state index contributed by atoms with van der Waals surface area (Å²) < 4.78 is 16.0. The van der Waals surface area contributed by atoms with Gasteiger partial charge in [-0.1, -0.05) is 18.2 Å². The third-order valence-electron chi connectivity index (χ3n) is 4.73. The highest BCUT2D eigenvalue weighted by Gasteiger charge is 2.45. The molecule has 1 aromatic heterocycles. The maximum Gasteiger partial charge on any atom is 0.379 e. The Kier molecular flexibility index (Phi) is 7.02. The number of hydrogen-bond acceptors (Lipinski definition) is 10. The van der Waals surface area contributed by atoms with Gasteiger partial charge in [0.15, 0.2) is 0 Å². The quantitative estimate of drug-likeness (QED) is 0.262. The minimum absolute atomic E-state index is 0.0150. The molecule has 1 unspecified atom stereocenters. The monoisotopic (exact) mass is 425 g/mol. The highest BCUT2D eigenvalue weighted by atomic mass is 16.7. The molecule has 0 spiro atoms.